The SMILES string of the molecule is CCCCSc1nc2n(n1)C(c1ccc(OCc3ccc(Cl)c(Cl)c3)c(OCC)c1)C(C(=O)OC)=C(C)N2. The van der Waals surface area contributed by atoms with E-state index < -0.39 is 12.0 Å². The molecule has 0 bridgehead atoms. The Balaban J connectivity index is 1.69. The maximum atomic E-state index is 12.9. The highest BCUT2D eigenvalue weighted by Crippen LogP contribution is 2.40. The number of thioether (sulfide) groups is 1. The van der Waals surface area contributed by atoms with Crippen LogP contribution in [0.25, 0.3) is 0 Å². The molecule has 8 nitrogen and oxygen atoms in total. The monoisotopic (exact) mass is 576 g/mol. The van der Waals surface area contributed by atoms with Gasteiger partial charge in [-0.25, -0.2) is 9.48 Å². The topological polar surface area (TPSA) is 87.5 Å². The van der Waals surface area contributed by atoms with Crippen LogP contribution in [0.3, 0.4) is 0 Å². The van der Waals surface area contributed by atoms with Crippen LogP contribution in [0.5, 0.6) is 11.5 Å². The summed E-state index contributed by atoms with van der Waals surface area (Å²) in [5.41, 5.74) is 2.76. The van der Waals surface area contributed by atoms with Crippen LogP contribution in [0, 0.1) is 0 Å². The Morgan fingerprint density at radius 2 is 1.92 bits per heavy atom. The van der Waals surface area contributed by atoms with Gasteiger partial charge in [0.05, 0.1) is 29.3 Å². The smallest absolute Gasteiger partial charge is 0.338 e. The number of anilines is 1. The molecule has 2 heterocycles. The number of carbonyl (C=O) groups excluding carboxylic acids is 1. The molecule has 11 heteroatoms. The van der Waals surface area contributed by atoms with E-state index in [9.17, 15) is 4.79 Å². The number of benzene rings is 2. The number of esters is 1. The van der Waals surface area contributed by atoms with Gasteiger partial charge in [0, 0.05) is 11.4 Å². The third-order valence-corrected chi connectivity index (χ3v) is 7.59. The van der Waals surface area contributed by atoms with Crippen molar-refractivity contribution < 1.29 is 19.0 Å². The zero-order valence-corrected chi connectivity index (χ0v) is 24.0. The molecule has 202 valence electrons. The van der Waals surface area contributed by atoms with Crippen molar-refractivity contribution in [1.29, 1.82) is 0 Å². The third-order valence-electron chi connectivity index (χ3n) is 5.93. The largest absolute Gasteiger partial charge is 0.490 e. The summed E-state index contributed by atoms with van der Waals surface area (Å²) in [7, 11) is 1.37. The van der Waals surface area contributed by atoms with E-state index in [-0.39, 0.29) is 6.61 Å². The first-order valence-electron chi connectivity index (χ1n) is 12.3. The van der Waals surface area contributed by atoms with Gasteiger partial charge in [-0.2, -0.15) is 4.98 Å². The minimum Gasteiger partial charge on any atom is -0.490 e. The van der Waals surface area contributed by atoms with E-state index in [1.807, 2.05) is 38.1 Å². The fraction of sp³-hybridized carbons (Fsp3) is 0.370. The number of fused-ring (bicyclic) bond motifs is 1. The lowest BCUT2D eigenvalue weighted by molar-refractivity contribution is -0.136. The second-order valence-corrected chi connectivity index (χ2v) is 10.5. The molecule has 1 unspecified atom stereocenters. The Morgan fingerprint density at radius 1 is 1.11 bits per heavy atom. The van der Waals surface area contributed by atoms with Gasteiger partial charge in [-0.15, -0.1) is 5.10 Å². The third kappa shape index (κ3) is 6.22. The number of aromatic nitrogens is 3. The molecule has 0 aliphatic carbocycles. The number of rotatable bonds is 11. The van der Waals surface area contributed by atoms with E-state index in [1.54, 1.807) is 28.6 Å². The van der Waals surface area contributed by atoms with Crippen molar-refractivity contribution >= 4 is 46.9 Å². The average Bonchev–Trinajstić information content (AvgIpc) is 3.31. The highest BCUT2D eigenvalue weighted by Gasteiger charge is 2.35. The first-order valence-corrected chi connectivity index (χ1v) is 14.1. The van der Waals surface area contributed by atoms with Crippen LogP contribution in [-0.2, 0) is 16.1 Å². The van der Waals surface area contributed by atoms with Crippen molar-refractivity contribution in [2.75, 3.05) is 24.8 Å². The van der Waals surface area contributed by atoms with Crippen LogP contribution < -0.4 is 14.8 Å². The highest BCUT2D eigenvalue weighted by molar-refractivity contribution is 7.99. The van der Waals surface area contributed by atoms with Gasteiger partial charge < -0.3 is 19.5 Å². The first kappa shape index (κ1) is 28.1. The van der Waals surface area contributed by atoms with E-state index in [0.717, 1.165) is 29.7 Å². The van der Waals surface area contributed by atoms with E-state index in [4.69, 9.17) is 42.5 Å². The van der Waals surface area contributed by atoms with Gasteiger partial charge in [0.2, 0.25) is 11.1 Å². The molecule has 3 aromatic rings. The normalized spacial score (nSPS) is 14.6. The Labute approximate surface area is 236 Å². The van der Waals surface area contributed by atoms with Crippen LogP contribution in [0.1, 0.15) is 50.8 Å². The quantitative estimate of drug-likeness (QED) is 0.149. The Kier molecular flexibility index (Phi) is 9.46. The number of hydrogen-bond acceptors (Lipinski definition) is 8. The summed E-state index contributed by atoms with van der Waals surface area (Å²) >= 11 is 13.8. The molecule has 0 amide bonds. The van der Waals surface area contributed by atoms with Crippen LogP contribution in [0.4, 0.5) is 5.95 Å². The number of carbonyl (C=O) groups is 1. The summed E-state index contributed by atoms with van der Waals surface area (Å²) < 4.78 is 18.9. The lowest BCUT2D eigenvalue weighted by Gasteiger charge is -2.28. The predicted molar refractivity (Wildman–Crippen MR) is 151 cm³/mol. The molecule has 1 aliphatic rings. The summed E-state index contributed by atoms with van der Waals surface area (Å²) in [6.45, 7) is 6.60. The molecular weight excluding hydrogens is 547 g/mol. The van der Waals surface area contributed by atoms with Gasteiger partial charge in [0.15, 0.2) is 11.5 Å². The van der Waals surface area contributed by atoms with Crippen molar-refractivity contribution in [3.8, 4) is 11.5 Å². The lowest BCUT2D eigenvalue weighted by atomic mass is 9.95. The summed E-state index contributed by atoms with van der Waals surface area (Å²) in [6.07, 6.45) is 2.16. The average molecular weight is 578 g/mol. The number of methoxy groups -OCH3 is 1. The molecule has 4 rings (SSSR count). The zero-order chi connectivity index (χ0) is 27.2. The van der Waals surface area contributed by atoms with Crippen molar-refractivity contribution in [3.05, 3.63) is 68.8 Å². The van der Waals surface area contributed by atoms with Crippen molar-refractivity contribution in [2.45, 2.75) is 51.4 Å². The van der Waals surface area contributed by atoms with Crippen LogP contribution in [0.2, 0.25) is 10.0 Å². The summed E-state index contributed by atoms with van der Waals surface area (Å²) in [5.74, 6) is 2.15. The number of unbranched alkanes of at least 4 members (excludes halogenated alkanes) is 1. The molecule has 38 heavy (non-hydrogen) atoms. The Hall–Kier alpha value is -2.88. The molecule has 2 aromatic carbocycles. The van der Waals surface area contributed by atoms with Crippen molar-refractivity contribution in [1.82, 2.24) is 14.8 Å². The first-order chi connectivity index (χ1) is 18.4. The predicted octanol–water partition coefficient (Wildman–Crippen LogP) is 6.92. The molecule has 1 aliphatic heterocycles. The van der Waals surface area contributed by atoms with Crippen LogP contribution in [-0.4, -0.2) is 40.2 Å². The van der Waals surface area contributed by atoms with Gasteiger partial charge >= 0.3 is 5.97 Å². The fourth-order valence-corrected chi connectivity index (χ4v) is 5.29. The number of ether oxygens (including phenoxy) is 3. The number of halogens is 2. The Bertz CT molecular complexity index is 1340. The number of hydrogen-bond donors (Lipinski definition) is 1. The van der Waals surface area contributed by atoms with Crippen LogP contribution >= 0.6 is 35.0 Å². The molecule has 1 aromatic heterocycles. The lowest BCUT2D eigenvalue weighted by Crippen LogP contribution is -2.29. The number of allylic oxidation sites excluding steroid dienone is 1. The molecule has 0 fully saturated rings. The van der Waals surface area contributed by atoms with Gasteiger partial charge in [0.25, 0.3) is 0 Å². The molecule has 0 spiro atoms. The molecule has 0 saturated heterocycles. The minimum absolute atomic E-state index is 0.279. The van der Waals surface area contributed by atoms with Gasteiger partial charge in [-0.3, -0.25) is 0 Å². The van der Waals surface area contributed by atoms with Crippen molar-refractivity contribution in [3.63, 3.8) is 0 Å². The van der Waals surface area contributed by atoms with Gasteiger partial charge in [-0.05, 0) is 55.7 Å². The second-order valence-electron chi connectivity index (χ2n) is 8.60. The number of nitrogens with one attached hydrogen (secondary N) is 1. The summed E-state index contributed by atoms with van der Waals surface area (Å²) in [5, 5.41) is 9.55. The van der Waals surface area contributed by atoms with Gasteiger partial charge in [0.1, 0.15) is 12.6 Å². The van der Waals surface area contributed by atoms with Crippen LogP contribution in [0.15, 0.2) is 52.8 Å². The minimum atomic E-state index is -0.560. The zero-order valence-electron chi connectivity index (χ0n) is 21.7. The fourth-order valence-electron chi connectivity index (χ4n) is 4.06. The Morgan fingerprint density at radius 3 is 2.63 bits per heavy atom. The van der Waals surface area contributed by atoms with E-state index >= 15 is 0 Å². The second kappa shape index (κ2) is 12.8. The van der Waals surface area contributed by atoms with E-state index in [1.165, 1.54) is 7.11 Å². The van der Waals surface area contributed by atoms with E-state index in [0.29, 0.717) is 50.5 Å². The molecule has 0 saturated carbocycles. The number of nitrogens with zero attached hydrogens (tertiary/aromatic N) is 3. The molecular formula is C27H30Cl2N4O4S. The standard InChI is InChI=1S/C27H30Cl2N4O4S/c1-5-7-12-38-27-31-26-30-16(3)23(25(34)35-4)24(33(26)32-27)18-9-11-21(22(14-18)36-6-2)37-15-17-8-10-19(28)20(29)13-17/h8-11,13-14,24H,5-7,12,15H2,1-4H3,(H,30,31,32). The molecule has 1 N–H and O–H groups in total. The summed E-state index contributed by atoms with van der Waals surface area (Å²) in [4.78, 5) is 17.6. The molecule has 0 radical (unpaired) electrons. The maximum absolute atomic E-state index is 12.9. The molecule has 1 atom stereocenters. The van der Waals surface area contributed by atoms with E-state index in [2.05, 4.69) is 17.2 Å². The van der Waals surface area contributed by atoms with Crippen molar-refractivity contribution in [2.24, 2.45) is 0 Å². The maximum Gasteiger partial charge on any atom is 0.338 e. The van der Waals surface area contributed by atoms with Gasteiger partial charge in [-0.1, -0.05) is 60.4 Å². The summed E-state index contributed by atoms with van der Waals surface area (Å²) in [6, 6.07) is 10.4. The highest BCUT2D eigenvalue weighted by atomic mass is 35.5.